The van der Waals surface area contributed by atoms with Crippen LogP contribution in [-0.2, 0) is 0 Å². The lowest BCUT2D eigenvalue weighted by molar-refractivity contribution is 0.374. The van der Waals surface area contributed by atoms with Crippen LogP contribution in [-0.4, -0.2) is 42.4 Å². The number of hydrogen-bond acceptors (Lipinski definition) is 6. The molecular formula is C18H17FN4O3S. The molecule has 1 heterocycles. The van der Waals surface area contributed by atoms with Crippen LogP contribution < -0.4 is 14.2 Å². The number of aromatic nitrogens is 3. The zero-order chi connectivity index (χ0) is 19.4. The molecule has 0 aliphatic heterocycles. The molecule has 0 radical (unpaired) electrons. The molecule has 3 aromatic rings. The van der Waals surface area contributed by atoms with Crippen LogP contribution in [0.2, 0.25) is 0 Å². The first-order chi connectivity index (χ1) is 13.1. The Balaban J connectivity index is 2.10. The van der Waals surface area contributed by atoms with Crippen molar-refractivity contribution in [2.24, 2.45) is 5.10 Å². The summed E-state index contributed by atoms with van der Waals surface area (Å²) >= 11 is 5.22. The number of nitrogens with one attached hydrogen (secondary N) is 1. The van der Waals surface area contributed by atoms with Gasteiger partial charge in [0.05, 0.1) is 38.7 Å². The van der Waals surface area contributed by atoms with Gasteiger partial charge >= 0.3 is 0 Å². The summed E-state index contributed by atoms with van der Waals surface area (Å²) in [7, 11) is 4.60. The second kappa shape index (κ2) is 8.00. The van der Waals surface area contributed by atoms with Crippen molar-refractivity contribution in [3.63, 3.8) is 0 Å². The Kier molecular flexibility index (Phi) is 5.51. The van der Waals surface area contributed by atoms with Gasteiger partial charge in [0.25, 0.3) is 0 Å². The lowest BCUT2D eigenvalue weighted by Gasteiger charge is -2.12. The van der Waals surface area contributed by atoms with E-state index < -0.39 is 5.82 Å². The van der Waals surface area contributed by atoms with E-state index in [0.29, 0.717) is 22.8 Å². The summed E-state index contributed by atoms with van der Waals surface area (Å²) < 4.78 is 31.7. The predicted molar refractivity (Wildman–Crippen MR) is 102 cm³/mol. The zero-order valence-corrected chi connectivity index (χ0v) is 15.7. The fourth-order valence-corrected chi connectivity index (χ4v) is 2.67. The average molecular weight is 388 g/mol. The van der Waals surface area contributed by atoms with Crippen LogP contribution in [0.4, 0.5) is 4.39 Å². The van der Waals surface area contributed by atoms with Crippen molar-refractivity contribution in [1.29, 1.82) is 0 Å². The second-order valence-corrected chi connectivity index (χ2v) is 5.72. The van der Waals surface area contributed by atoms with Gasteiger partial charge in [-0.05, 0) is 24.4 Å². The molecule has 140 valence electrons. The smallest absolute Gasteiger partial charge is 0.216 e. The number of nitrogens with zero attached hydrogens (tertiary/aromatic N) is 3. The van der Waals surface area contributed by atoms with Gasteiger partial charge in [-0.2, -0.15) is 14.9 Å². The Morgan fingerprint density at radius 3 is 2.37 bits per heavy atom. The summed E-state index contributed by atoms with van der Waals surface area (Å²) in [5.74, 6) is 1.39. The standard InChI is InChI=1S/C18H17FN4O3S/c1-24-11-8-15(25-2)13(16(9-11)26-3)10-20-23-17(21-22-18(23)27)12-6-4-5-7-14(12)19/h4-10H,1-3H3,(H,22,27). The molecule has 0 fully saturated rings. The monoisotopic (exact) mass is 388 g/mol. The van der Waals surface area contributed by atoms with E-state index in [9.17, 15) is 4.39 Å². The van der Waals surface area contributed by atoms with E-state index in [0.717, 1.165) is 0 Å². The van der Waals surface area contributed by atoms with Crippen molar-refractivity contribution in [2.45, 2.75) is 0 Å². The van der Waals surface area contributed by atoms with Crippen LogP contribution in [0.1, 0.15) is 5.56 Å². The van der Waals surface area contributed by atoms with Gasteiger partial charge in [-0.25, -0.2) is 9.49 Å². The number of methoxy groups -OCH3 is 3. The third kappa shape index (κ3) is 3.68. The molecule has 0 saturated heterocycles. The van der Waals surface area contributed by atoms with Crippen LogP contribution in [0.15, 0.2) is 41.5 Å². The minimum Gasteiger partial charge on any atom is -0.496 e. The molecule has 1 N–H and O–H groups in total. The Bertz CT molecular complexity index is 1020. The van der Waals surface area contributed by atoms with Crippen LogP contribution in [0.3, 0.4) is 0 Å². The highest BCUT2D eigenvalue weighted by Crippen LogP contribution is 2.32. The van der Waals surface area contributed by atoms with Crippen molar-refractivity contribution in [2.75, 3.05) is 21.3 Å². The van der Waals surface area contributed by atoms with Gasteiger partial charge < -0.3 is 14.2 Å². The minimum absolute atomic E-state index is 0.218. The first-order valence-corrected chi connectivity index (χ1v) is 8.26. The van der Waals surface area contributed by atoms with Crippen molar-refractivity contribution in [3.05, 3.63) is 52.5 Å². The van der Waals surface area contributed by atoms with Crippen molar-refractivity contribution in [1.82, 2.24) is 14.9 Å². The predicted octanol–water partition coefficient (Wildman–Crippen LogP) is 3.65. The number of hydrogen-bond donors (Lipinski definition) is 1. The number of ether oxygens (including phenoxy) is 3. The summed E-state index contributed by atoms with van der Waals surface area (Å²) in [5.41, 5.74) is 0.846. The van der Waals surface area contributed by atoms with Gasteiger partial charge in [-0.15, -0.1) is 0 Å². The fourth-order valence-electron chi connectivity index (χ4n) is 2.49. The van der Waals surface area contributed by atoms with Crippen LogP contribution in [0, 0.1) is 10.6 Å². The van der Waals surface area contributed by atoms with E-state index in [-0.39, 0.29) is 16.2 Å². The lowest BCUT2D eigenvalue weighted by atomic mass is 10.2. The molecule has 1 aromatic heterocycles. The summed E-state index contributed by atoms with van der Waals surface area (Å²) in [6, 6.07) is 9.66. The Labute approximate surface area is 160 Å². The van der Waals surface area contributed by atoms with Gasteiger partial charge in [-0.1, -0.05) is 12.1 Å². The maximum Gasteiger partial charge on any atom is 0.216 e. The SMILES string of the molecule is COc1cc(OC)c(C=Nn2c(-c3ccccc3F)n[nH]c2=S)c(OC)c1. The third-order valence-electron chi connectivity index (χ3n) is 3.82. The number of aromatic amines is 1. The van der Waals surface area contributed by atoms with E-state index in [4.69, 9.17) is 26.4 Å². The van der Waals surface area contributed by atoms with Gasteiger partial charge in [0.2, 0.25) is 4.77 Å². The molecule has 0 aliphatic carbocycles. The van der Waals surface area contributed by atoms with Gasteiger partial charge in [0.15, 0.2) is 5.82 Å². The maximum absolute atomic E-state index is 14.1. The van der Waals surface area contributed by atoms with Crippen molar-refractivity contribution >= 4 is 18.4 Å². The number of halogens is 1. The quantitative estimate of drug-likeness (QED) is 0.515. The highest BCUT2D eigenvalue weighted by atomic mass is 32.1. The molecule has 2 aromatic carbocycles. The first-order valence-electron chi connectivity index (χ1n) is 7.85. The van der Waals surface area contributed by atoms with Crippen molar-refractivity contribution in [3.8, 4) is 28.6 Å². The summed E-state index contributed by atoms with van der Waals surface area (Å²) in [6.45, 7) is 0. The lowest BCUT2D eigenvalue weighted by Crippen LogP contribution is -2.00. The number of benzene rings is 2. The molecule has 0 amide bonds. The largest absolute Gasteiger partial charge is 0.496 e. The summed E-state index contributed by atoms with van der Waals surface area (Å²) in [5, 5.41) is 11.1. The Morgan fingerprint density at radius 1 is 1.11 bits per heavy atom. The normalized spacial score (nSPS) is 11.0. The van der Waals surface area contributed by atoms with Gasteiger partial charge in [-0.3, -0.25) is 0 Å². The van der Waals surface area contributed by atoms with Crippen LogP contribution in [0.5, 0.6) is 17.2 Å². The highest BCUT2D eigenvalue weighted by Gasteiger charge is 2.14. The number of rotatable bonds is 6. The topological polar surface area (TPSA) is 73.7 Å². The molecule has 0 bridgehead atoms. The third-order valence-corrected chi connectivity index (χ3v) is 4.08. The van der Waals surface area contributed by atoms with E-state index >= 15 is 0 Å². The van der Waals surface area contributed by atoms with E-state index in [2.05, 4.69) is 15.3 Å². The fraction of sp³-hybridized carbons (Fsp3) is 0.167. The maximum atomic E-state index is 14.1. The Hall–Kier alpha value is -3.20. The van der Waals surface area contributed by atoms with Gasteiger partial charge in [0.1, 0.15) is 23.1 Å². The average Bonchev–Trinajstić information content (AvgIpc) is 3.06. The second-order valence-electron chi connectivity index (χ2n) is 5.33. The summed E-state index contributed by atoms with van der Waals surface area (Å²) in [6.07, 6.45) is 1.51. The molecule has 0 unspecified atom stereocenters. The molecule has 0 saturated carbocycles. The van der Waals surface area contributed by atoms with E-state index in [1.807, 2.05) is 0 Å². The molecule has 3 rings (SSSR count). The van der Waals surface area contributed by atoms with E-state index in [1.54, 1.807) is 37.4 Å². The zero-order valence-electron chi connectivity index (χ0n) is 14.9. The molecular weight excluding hydrogens is 371 g/mol. The first kappa shape index (κ1) is 18.6. The molecule has 0 spiro atoms. The number of H-pyrrole nitrogens is 1. The molecule has 27 heavy (non-hydrogen) atoms. The Morgan fingerprint density at radius 2 is 1.78 bits per heavy atom. The molecule has 0 aliphatic rings. The summed E-state index contributed by atoms with van der Waals surface area (Å²) in [4.78, 5) is 0. The molecule has 9 heteroatoms. The van der Waals surface area contributed by atoms with Crippen LogP contribution in [0.25, 0.3) is 11.4 Å². The molecule has 7 nitrogen and oxygen atoms in total. The van der Waals surface area contributed by atoms with Crippen molar-refractivity contribution < 1.29 is 18.6 Å². The van der Waals surface area contributed by atoms with Gasteiger partial charge in [0, 0.05) is 12.1 Å². The molecule has 0 atom stereocenters. The van der Waals surface area contributed by atoms with Crippen LogP contribution >= 0.6 is 12.2 Å². The highest BCUT2D eigenvalue weighted by molar-refractivity contribution is 7.71. The van der Waals surface area contributed by atoms with E-state index in [1.165, 1.54) is 31.2 Å². The minimum atomic E-state index is -0.428.